The molecule has 1 unspecified atom stereocenters. The molecule has 0 aromatic carbocycles. The third kappa shape index (κ3) is 6.17. The van der Waals surface area contributed by atoms with Gasteiger partial charge < -0.3 is 36.2 Å². The molecular formula is C34H43N5O4S2. The monoisotopic (exact) mass is 649 g/mol. The van der Waals surface area contributed by atoms with Gasteiger partial charge in [-0.25, -0.2) is 0 Å². The van der Waals surface area contributed by atoms with Crippen LogP contribution in [0.1, 0.15) is 113 Å². The molecule has 240 valence electrons. The van der Waals surface area contributed by atoms with E-state index >= 15 is 0 Å². The van der Waals surface area contributed by atoms with E-state index in [2.05, 4.69) is 59.3 Å². The largest absolute Gasteiger partial charge is 0.481 e. The molecule has 11 heteroatoms. The first-order chi connectivity index (χ1) is 21.2. The van der Waals surface area contributed by atoms with Crippen LogP contribution in [0.5, 0.6) is 0 Å². The van der Waals surface area contributed by atoms with Crippen molar-refractivity contribution in [3.8, 4) is 0 Å². The lowest BCUT2D eigenvalue weighted by Gasteiger charge is -2.24. The molecule has 5 rings (SSSR count). The van der Waals surface area contributed by atoms with Crippen LogP contribution < -0.4 is 21.7 Å². The Bertz CT molecular complexity index is 1870. The van der Waals surface area contributed by atoms with E-state index in [0.717, 1.165) is 83.7 Å². The Balaban J connectivity index is 1.86. The standard InChI is InChI=1S/C34H43N5O4S2/c1-14-20(7-9-28(40)41)33-32(35)34-21(8-10-29(42)43)15(2)23(39-34)12-26-31(19(6)45)17(4)25(37-26)13-27-30(18(5)44)16(3)24(36-27)11-22(14)38-33/h11-13,18-19,32-33,36-39,44-45H,7-10,35H2,1-6H3,(H,40,41)(H,42,43)/b22-11-,25-13-,26-12-/t18-,19-,32-,33?/m0/s1. The van der Waals surface area contributed by atoms with Gasteiger partial charge in [-0.3, -0.25) is 9.59 Å². The summed E-state index contributed by atoms with van der Waals surface area (Å²) < 4.78 is 0. The van der Waals surface area contributed by atoms with Gasteiger partial charge in [0.15, 0.2) is 0 Å². The van der Waals surface area contributed by atoms with Crippen molar-refractivity contribution in [3.63, 3.8) is 0 Å². The fourth-order valence-electron chi connectivity index (χ4n) is 6.97. The summed E-state index contributed by atoms with van der Waals surface area (Å²) in [6, 6.07) is -0.993. The molecule has 2 aliphatic rings. The van der Waals surface area contributed by atoms with Crippen LogP contribution in [-0.2, 0) is 16.0 Å². The van der Waals surface area contributed by atoms with E-state index in [1.54, 1.807) is 0 Å². The molecule has 0 fully saturated rings. The number of thiol groups is 2. The van der Waals surface area contributed by atoms with Crippen LogP contribution in [0, 0.1) is 20.8 Å². The number of aromatic amines is 3. The second-order valence-electron chi connectivity index (χ2n) is 12.3. The number of hydrogen-bond acceptors (Lipinski definition) is 6. The van der Waals surface area contributed by atoms with Crippen molar-refractivity contribution >= 4 is 55.4 Å². The Morgan fingerprint density at radius 1 is 0.800 bits per heavy atom. The lowest BCUT2D eigenvalue weighted by molar-refractivity contribution is -0.138. The highest BCUT2D eigenvalue weighted by atomic mass is 32.1. The first-order valence-corrected chi connectivity index (χ1v) is 16.3. The zero-order chi connectivity index (χ0) is 32.9. The number of nitrogens with two attached hydrogens (primary N) is 1. The van der Waals surface area contributed by atoms with Crippen molar-refractivity contribution in [2.75, 3.05) is 0 Å². The highest BCUT2D eigenvalue weighted by molar-refractivity contribution is 7.80. The van der Waals surface area contributed by atoms with Gasteiger partial charge in [0.05, 0.1) is 12.1 Å². The molecule has 0 aliphatic carbocycles. The number of carboxylic acid groups (broad SMARTS) is 2. The maximum absolute atomic E-state index is 11.7. The average Bonchev–Trinajstić information content (AvgIpc) is 3.63. The van der Waals surface area contributed by atoms with Crippen LogP contribution in [-0.4, -0.2) is 43.1 Å². The second kappa shape index (κ2) is 12.7. The topological polar surface area (TPSA) is 160 Å². The average molecular weight is 650 g/mol. The zero-order valence-corrected chi connectivity index (χ0v) is 28.3. The van der Waals surface area contributed by atoms with Crippen LogP contribution in [0.25, 0.3) is 18.2 Å². The minimum atomic E-state index is -0.886. The molecule has 0 saturated carbocycles. The number of fused-ring (bicyclic) bond motifs is 8. The minimum Gasteiger partial charge on any atom is -0.481 e. The molecule has 5 heterocycles. The van der Waals surface area contributed by atoms with Crippen LogP contribution in [0.3, 0.4) is 0 Å². The van der Waals surface area contributed by atoms with Crippen molar-refractivity contribution < 1.29 is 19.8 Å². The van der Waals surface area contributed by atoms with Gasteiger partial charge in [0.1, 0.15) is 0 Å². The predicted molar refractivity (Wildman–Crippen MR) is 185 cm³/mol. The Morgan fingerprint density at radius 2 is 1.40 bits per heavy atom. The van der Waals surface area contributed by atoms with E-state index in [9.17, 15) is 19.8 Å². The van der Waals surface area contributed by atoms with Gasteiger partial charge in [-0.05, 0) is 117 Å². The summed E-state index contributed by atoms with van der Waals surface area (Å²) in [4.78, 5) is 34.2. The van der Waals surface area contributed by atoms with Crippen molar-refractivity contribution in [1.29, 1.82) is 0 Å². The fourth-order valence-corrected chi connectivity index (χ4v) is 7.64. The molecule has 4 atom stereocenters. The third-order valence-electron chi connectivity index (χ3n) is 9.35. The Hall–Kier alpha value is -3.54. The summed E-state index contributed by atoms with van der Waals surface area (Å²) in [5.74, 6) is -1.77. The molecule has 3 aromatic rings. The summed E-state index contributed by atoms with van der Waals surface area (Å²) in [5.41, 5.74) is 19.4. The van der Waals surface area contributed by atoms with E-state index < -0.39 is 24.0 Å². The first kappa shape index (κ1) is 32.8. The summed E-state index contributed by atoms with van der Waals surface area (Å²) in [7, 11) is 0. The van der Waals surface area contributed by atoms with Crippen molar-refractivity contribution in [3.05, 3.63) is 83.7 Å². The summed E-state index contributed by atoms with van der Waals surface area (Å²) >= 11 is 9.67. The van der Waals surface area contributed by atoms with E-state index in [0.29, 0.717) is 12.8 Å². The zero-order valence-electron chi connectivity index (χ0n) is 26.6. The highest BCUT2D eigenvalue weighted by Gasteiger charge is 2.35. The fraction of sp³-hybridized carbons (Fsp3) is 0.412. The van der Waals surface area contributed by atoms with Gasteiger partial charge in [0.25, 0.3) is 0 Å². The maximum Gasteiger partial charge on any atom is 0.303 e. The third-order valence-corrected chi connectivity index (χ3v) is 9.87. The molecule has 9 nitrogen and oxygen atoms in total. The van der Waals surface area contributed by atoms with Crippen molar-refractivity contribution in [1.82, 2.24) is 20.3 Å². The van der Waals surface area contributed by atoms with Crippen LogP contribution in [0.4, 0.5) is 0 Å². The number of nitrogens with one attached hydrogen (secondary N) is 4. The molecule has 2 aliphatic heterocycles. The number of aromatic nitrogens is 3. The number of rotatable bonds is 8. The Kier molecular flexibility index (Phi) is 9.26. The summed E-state index contributed by atoms with van der Waals surface area (Å²) in [6.45, 7) is 12.3. The van der Waals surface area contributed by atoms with E-state index in [4.69, 9.17) is 31.0 Å². The molecule has 0 spiro atoms. The quantitative estimate of drug-likeness (QED) is 0.160. The Labute approximate surface area is 274 Å². The maximum atomic E-state index is 11.7. The number of allylic oxidation sites excluding steroid dienone is 1. The molecule has 45 heavy (non-hydrogen) atoms. The van der Waals surface area contributed by atoms with Gasteiger partial charge in [-0.1, -0.05) is 0 Å². The number of carboxylic acids is 2. The normalized spacial score (nSPS) is 21.7. The lowest BCUT2D eigenvalue weighted by atomic mass is 9.91. The smallest absolute Gasteiger partial charge is 0.303 e. The molecular weight excluding hydrogens is 607 g/mol. The minimum absolute atomic E-state index is 0.0273. The molecule has 0 saturated heterocycles. The number of aliphatic carboxylic acids is 2. The van der Waals surface area contributed by atoms with Crippen LogP contribution in [0.15, 0.2) is 16.8 Å². The van der Waals surface area contributed by atoms with Crippen molar-refractivity contribution in [2.45, 2.75) is 89.8 Å². The SMILES string of the molecule is CC1=C(CCC(=O)O)C2N/C1=C\c1[nH]c(c([C@H](C)S)c1C)/C=c1\[nH]/c(c([C@H](C)S)c1C)=C\c1[nH]c(c(CCC(=O)O)c1C)[C@H]2N. The molecule has 8 bridgehead atoms. The van der Waals surface area contributed by atoms with Crippen molar-refractivity contribution in [2.24, 2.45) is 5.73 Å². The number of carbonyl (C=O) groups is 2. The predicted octanol–water partition coefficient (Wildman–Crippen LogP) is 4.76. The van der Waals surface area contributed by atoms with Gasteiger partial charge in [-0.2, -0.15) is 25.3 Å². The number of H-pyrrole nitrogens is 3. The van der Waals surface area contributed by atoms with E-state index in [1.807, 2.05) is 20.8 Å². The van der Waals surface area contributed by atoms with Crippen LogP contribution in [0.2, 0.25) is 0 Å². The summed E-state index contributed by atoms with van der Waals surface area (Å²) in [6.07, 6.45) is 6.83. The molecule has 8 N–H and O–H groups in total. The van der Waals surface area contributed by atoms with Gasteiger partial charge in [0.2, 0.25) is 0 Å². The molecule has 0 radical (unpaired) electrons. The lowest BCUT2D eigenvalue weighted by Crippen LogP contribution is -2.37. The van der Waals surface area contributed by atoms with Gasteiger partial charge >= 0.3 is 11.9 Å². The summed E-state index contributed by atoms with van der Waals surface area (Å²) in [5, 5.41) is 24.5. The molecule has 3 aromatic heterocycles. The highest BCUT2D eigenvalue weighted by Crippen LogP contribution is 2.38. The Morgan fingerprint density at radius 3 is 2.02 bits per heavy atom. The number of hydrogen-bond donors (Lipinski definition) is 9. The van der Waals surface area contributed by atoms with E-state index in [-0.39, 0.29) is 23.3 Å². The van der Waals surface area contributed by atoms with Crippen LogP contribution >= 0.6 is 25.3 Å². The van der Waals surface area contributed by atoms with Gasteiger partial charge in [0, 0.05) is 62.5 Å². The van der Waals surface area contributed by atoms with Gasteiger partial charge in [-0.15, -0.1) is 0 Å². The second-order valence-corrected chi connectivity index (χ2v) is 13.9. The van der Waals surface area contributed by atoms with E-state index in [1.165, 1.54) is 0 Å². The first-order valence-electron chi connectivity index (χ1n) is 15.3. The molecule has 0 amide bonds.